The molecule has 0 aromatic carbocycles. The summed E-state index contributed by atoms with van der Waals surface area (Å²) in [6, 6.07) is 0. The molecule has 0 N–H and O–H groups in total. The van der Waals surface area contributed by atoms with Gasteiger partial charge in [0.05, 0.1) is 7.11 Å². The second-order valence-corrected chi connectivity index (χ2v) is 5.05. The Labute approximate surface area is 104 Å². The third-order valence-corrected chi connectivity index (χ3v) is 2.36. The van der Waals surface area contributed by atoms with Crippen LogP contribution in [0.3, 0.4) is 0 Å². The van der Waals surface area contributed by atoms with Crippen LogP contribution < -0.4 is 0 Å². The largest absolute Gasteiger partial charge is 0.468 e. The molecule has 100 valence electrons. The van der Waals surface area contributed by atoms with Crippen molar-refractivity contribution < 1.29 is 19.1 Å². The molecule has 0 aromatic heterocycles. The van der Waals surface area contributed by atoms with Gasteiger partial charge in [-0.15, -0.1) is 0 Å². The molecule has 1 heterocycles. The molecule has 18 heavy (non-hydrogen) atoms. The van der Waals surface area contributed by atoms with Crippen LogP contribution in [0.5, 0.6) is 0 Å². The fraction of sp³-hybridized carbons (Fsp3) is 0.800. The lowest BCUT2D eigenvalue weighted by Crippen LogP contribution is -2.66. The van der Waals surface area contributed by atoms with Crippen LogP contribution in [-0.4, -0.2) is 48.3 Å². The predicted molar refractivity (Wildman–Crippen MR) is 61.7 cm³/mol. The van der Waals surface area contributed by atoms with E-state index in [1.165, 1.54) is 12.0 Å². The number of carbonyl (C=O) groups is 2. The Morgan fingerprint density at radius 2 is 1.94 bits per heavy atom. The van der Waals surface area contributed by atoms with Crippen LogP contribution in [0.25, 0.3) is 10.4 Å². The molecule has 0 bridgehead atoms. The minimum atomic E-state index is -1.32. The molecule has 0 atom stereocenters. The highest BCUT2D eigenvalue weighted by atomic mass is 16.6. The molecule has 8 heteroatoms. The van der Waals surface area contributed by atoms with Gasteiger partial charge in [-0.05, 0) is 26.3 Å². The summed E-state index contributed by atoms with van der Waals surface area (Å²) in [5.74, 6) is -0.653. The van der Waals surface area contributed by atoms with E-state index in [1.807, 2.05) is 0 Å². The Hall–Kier alpha value is -1.95. The van der Waals surface area contributed by atoms with Gasteiger partial charge in [0.2, 0.25) is 0 Å². The Morgan fingerprint density at radius 3 is 2.33 bits per heavy atom. The molecule has 0 aromatic rings. The highest BCUT2D eigenvalue weighted by Gasteiger charge is 2.53. The average molecular weight is 256 g/mol. The number of methoxy groups -OCH3 is 1. The van der Waals surface area contributed by atoms with Crippen molar-refractivity contribution in [2.75, 3.05) is 20.2 Å². The molecule has 0 unspecified atom stereocenters. The van der Waals surface area contributed by atoms with E-state index in [0.29, 0.717) is 0 Å². The molecule has 1 saturated heterocycles. The van der Waals surface area contributed by atoms with Crippen molar-refractivity contribution in [1.82, 2.24) is 4.90 Å². The molecule has 1 amide bonds. The number of ether oxygens (including phenoxy) is 2. The van der Waals surface area contributed by atoms with Crippen molar-refractivity contribution in [3.63, 3.8) is 0 Å². The summed E-state index contributed by atoms with van der Waals surface area (Å²) in [5, 5.41) is 3.42. The van der Waals surface area contributed by atoms with E-state index in [0.717, 1.165) is 0 Å². The molecule has 0 radical (unpaired) electrons. The minimum absolute atomic E-state index is 0.0291. The summed E-state index contributed by atoms with van der Waals surface area (Å²) in [5.41, 5.74) is 6.51. The Kier molecular flexibility index (Phi) is 3.71. The van der Waals surface area contributed by atoms with Crippen LogP contribution >= 0.6 is 0 Å². The molecule has 1 aliphatic heterocycles. The highest BCUT2D eigenvalue weighted by Crippen LogP contribution is 2.28. The third-order valence-electron chi connectivity index (χ3n) is 2.36. The molecular formula is C10H16N4O4. The van der Waals surface area contributed by atoms with Crippen LogP contribution in [0.15, 0.2) is 5.11 Å². The molecule has 0 spiro atoms. The van der Waals surface area contributed by atoms with Crippen molar-refractivity contribution in [3.8, 4) is 0 Å². The number of hydrogen-bond acceptors (Lipinski definition) is 5. The van der Waals surface area contributed by atoms with Gasteiger partial charge in [0.1, 0.15) is 5.60 Å². The number of likely N-dealkylation sites (tertiary alicyclic amines) is 1. The first-order chi connectivity index (χ1) is 8.24. The van der Waals surface area contributed by atoms with Gasteiger partial charge < -0.3 is 14.4 Å². The number of rotatable bonds is 2. The van der Waals surface area contributed by atoms with Gasteiger partial charge in [-0.25, -0.2) is 4.79 Å². The van der Waals surface area contributed by atoms with E-state index < -0.39 is 23.2 Å². The van der Waals surface area contributed by atoms with Crippen LogP contribution in [0, 0.1) is 0 Å². The lowest BCUT2D eigenvalue weighted by molar-refractivity contribution is -0.153. The maximum Gasteiger partial charge on any atom is 0.410 e. The Morgan fingerprint density at radius 1 is 1.39 bits per heavy atom. The number of carbonyl (C=O) groups excluding carboxylic acids is 2. The van der Waals surface area contributed by atoms with Crippen LogP contribution in [-0.2, 0) is 14.3 Å². The maximum absolute atomic E-state index is 11.7. The van der Waals surface area contributed by atoms with E-state index in [-0.39, 0.29) is 13.1 Å². The van der Waals surface area contributed by atoms with Crippen molar-refractivity contribution >= 4 is 12.1 Å². The van der Waals surface area contributed by atoms with Crippen LogP contribution in [0.4, 0.5) is 4.79 Å². The topological polar surface area (TPSA) is 105 Å². The van der Waals surface area contributed by atoms with E-state index in [2.05, 4.69) is 14.8 Å². The second-order valence-electron chi connectivity index (χ2n) is 5.05. The summed E-state index contributed by atoms with van der Waals surface area (Å²) < 4.78 is 9.68. The van der Waals surface area contributed by atoms with Gasteiger partial charge >= 0.3 is 12.1 Å². The van der Waals surface area contributed by atoms with Crippen molar-refractivity contribution in [2.45, 2.75) is 31.9 Å². The van der Waals surface area contributed by atoms with Crippen molar-refractivity contribution in [1.29, 1.82) is 0 Å². The predicted octanol–water partition coefficient (Wildman–Crippen LogP) is 1.46. The second kappa shape index (κ2) is 4.73. The molecule has 1 aliphatic rings. The summed E-state index contributed by atoms with van der Waals surface area (Å²) in [7, 11) is 1.20. The summed E-state index contributed by atoms with van der Waals surface area (Å²) >= 11 is 0. The number of nitrogens with zero attached hydrogens (tertiary/aromatic N) is 4. The summed E-state index contributed by atoms with van der Waals surface area (Å²) in [6.07, 6.45) is -0.546. The minimum Gasteiger partial charge on any atom is -0.468 e. The fourth-order valence-corrected chi connectivity index (χ4v) is 1.55. The molecular weight excluding hydrogens is 240 g/mol. The van der Waals surface area contributed by atoms with Gasteiger partial charge in [0.15, 0.2) is 5.54 Å². The first kappa shape index (κ1) is 14.1. The van der Waals surface area contributed by atoms with E-state index in [4.69, 9.17) is 10.3 Å². The molecule has 1 rings (SSSR count). The molecule has 0 saturated carbocycles. The zero-order chi connectivity index (χ0) is 14.0. The quantitative estimate of drug-likeness (QED) is 0.322. The summed E-state index contributed by atoms with van der Waals surface area (Å²) in [4.78, 5) is 27.1. The van der Waals surface area contributed by atoms with Gasteiger partial charge in [0, 0.05) is 18.0 Å². The third kappa shape index (κ3) is 2.84. The number of azide groups is 1. The zero-order valence-corrected chi connectivity index (χ0v) is 10.8. The lowest BCUT2D eigenvalue weighted by atomic mass is 9.91. The molecule has 8 nitrogen and oxygen atoms in total. The van der Waals surface area contributed by atoms with Crippen molar-refractivity contribution in [3.05, 3.63) is 10.4 Å². The van der Waals surface area contributed by atoms with Gasteiger partial charge in [-0.3, -0.25) is 4.79 Å². The first-order valence-corrected chi connectivity index (χ1v) is 5.37. The first-order valence-electron chi connectivity index (χ1n) is 5.37. The lowest BCUT2D eigenvalue weighted by Gasteiger charge is -2.44. The average Bonchev–Trinajstić information content (AvgIpc) is 2.18. The molecule has 1 fully saturated rings. The zero-order valence-electron chi connectivity index (χ0n) is 10.8. The number of hydrogen-bond donors (Lipinski definition) is 0. The van der Waals surface area contributed by atoms with Gasteiger partial charge in [0.25, 0.3) is 0 Å². The normalized spacial score (nSPS) is 17.2. The Bertz CT molecular complexity index is 403. The SMILES string of the molecule is COC(=O)C1(N=[N+]=[N-])CN(C(=O)OC(C)(C)C)C1. The smallest absolute Gasteiger partial charge is 0.410 e. The highest BCUT2D eigenvalue weighted by molar-refractivity contribution is 5.86. The maximum atomic E-state index is 11.7. The van der Waals surface area contributed by atoms with E-state index in [1.54, 1.807) is 20.8 Å². The Balaban J connectivity index is 2.67. The van der Waals surface area contributed by atoms with E-state index in [9.17, 15) is 9.59 Å². The standard InChI is InChI=1S/C10H16N4O4/c1-9(2,3)18-8(16)14-5-10(6-14,12-13-11)7(15)17-4/h5-6H2,1-4H3. The number of esters is 1. The van der Waals surface area contributed by atoms with Gasteiger partial charge in [-0.2, -0.15) is 0 Å². The van der Waals surface area contributed by atoms with Crippen LogP contribution in [0.2, 0.25) is 0 Å². The van der Waals surface area contributed by atoms with Crippen molar-refractivity contribution in [2.24, 2.45) is 5.11 Å². The number of amides is 1. The fourth-order valence-electron chi connectivity index (χ4n) is 1.55. The van der Waals surface area contributed by atoms with E-state index >= 15 is 0 Å². The van der Waals surface area contributed by atoms with Crippen LogP contribution in [0.1, 0.15) is 20.8 Å². The monoisotopic (exact) mass is 256 g/mol. The summed E-state index contributed by atoms with van der Waals surface area (Å²) in [6.45, 7) is 5.17. The molecule has 0 aliphatic carbocycles. The van der Waals surface area contributed by atoms with Gasteiger partial charge in [-0.1, -0.05) is 5.11 Å².